The van der Waals surface area contributed by atoms with E-state index in [-0.39, 0.29) is 11.6 Å². The van der Waals surface area contributed by atoms with E-state index < -0.39 is 6.86 Å². The maximum absolute atomic E-state index is 11.3. The second-order valence-electron chi connectivity index (χ2n) is 1.49. The summed E-state index contributed by atoms with van der Waals surface area (Å²) in [7, 11) is 1.46. The Bertz CT molecular complexity index is 147. The first-order valence-corrected chi connectivity index (χ1v) is 2.67. The number of hydrogen-bond donors (Lipinski definition) is 1. The maximum atomic E-state index is 11.3. The van der Waals surface area contributed by atoms with Crippen LogP contribution < -0.4 is 5.32 Å². The van der Waals surface area contributed by atoms with Crippen LogP contribution in [-0.4, -0.2) is 25.5 Å². The minimum Gasteiger partial charge on any atom is -0.361 e. The Labute approximate surface area is 58.0 Å². The van der Waals surface area contributed by atoms with Crippen molar-refractivity contribution in [3.63, 3.8) is 0 Å². The number of halogens is 1. The first-order valence-electron chi connectivity index (χ1n) is 2.67. The monoisotopic (exact) mass is 148 g/mol. The van der Waals surface area contributed by atoms with Crippen LogP contribution in [0.15, 0.2) is 5.16 Å². The van der Waals surface area contributed by atoms with E-state index in [1.807, 2.05) is 0 Å². The molecule has 0 spiro atoms. The van der Waals surface area contributed by atoms with Crippen LogP contribution in [0.5, 0.6) is 0 Å². The Kier molecular flexibility index (Phi) is 4.19. The molecule has 4 nitrogen and oxygen atoms in total. The molecule has 0 aliphatic heterocycles. The molecule has 1 amide bonds. The van der Waals surface area contributed by atoms with E-state index in [1.54, 1.807) is 0 Å². The molecule has 58 valence electrons. The molecular weight excluding hydrogens is 139 g/mol. The van der Waals surface area contributed by atoms with Gasteiger partial charge >= 0.3 is 0 Å². The van der Waals surface area contributed by atoms with Crippen LogP contribution in [0.2, 0.25) is 0 Å². The summed E-state index contributed by atoms with van der Waals surface area (Å²) in [5.74, 6) is -0.381. The van der Waals surface area contributed by atoms with E-state index in [1.165, 1.54) is 14.0 Å². The van der Waals surface area contributed by atoms with Crippen LogP contribution in [0.1, 0.15) is 6.92 Å². The van der Waals surface area contributed by atoms with Crippen molar-refractivity contribution in [2.75, 3.05) is 13.9 Å². The number of oxime groups is 1. The molecule has 0 bridgehead atoms. The molecule has 0 atom stereocenters. The van der Waals surface area contributed by atoms with Gasteiger partial charge in [0.25, 0.3) is 12.8 Å². The molecular formula is C5H9FN2O2. The molecule has 0 aliphatic rings. The Balaban J connectivity index is 3.80. The fraction of sp³-hybridized carbons (Fsp3) is 0.600. The van der Waals surface area contributed by atoms with Crippen molar-refractivity contribution in [2.45, 2.75) is 6.92 Å². The fourth-order valence-corrected chi connectivity index (χ4v) is 0.344. The predicted octanol–water partition coefficient (Wildman–Crippen LogP) is 0.0519. The zero-order valence-corrected chi connectivity index (χ0v) is 5.85. The van der Waals surface area contributed by atoms with Gasteiger partial charge in [0.15, 0.2) is 0 Å². The van der Waals surface area contributed by atoms with E-state index in [0.717, 1.165) is 0 Å². The molecule has 0 saturated carbocycles. The van der Waals surface area contributed by atoms with Crippen molar-refractivity contribution in [1.82, 2.24) is 5.32 Å². The molecule has 0 aromatic rings. The predicted molar refractivity (Wildman–Crippen MR) is 34.2 cm³/mol. The number of carbonyl (C=O) groups is 1. The third-order valence-electron chi connectivity index (χ3n) is 0.806. The number of nitrogens with one attached hydrogen (secondary N) is 1. The van der Waals surface area contributed by atoms with Crippen molar-refractivity contribution in [2.24, 2.45) is 5.16 Å². The standard InChI is InChI=1S/C5H9FN2O2/c1-4(5(9)7-2)8-10-3-6/h3H2,1-2H3,(H,7,9)/b8-4+. The van der Waals surface area contributed by atoms with Gasteiger partial charge in [-0.15, -0.1) is 0 Å². The van der Waals surface area contributed by atoms with Gasteiger partial charge in [-0.3, -0.25) is 4.79 Å². The first-order chi connectivity index (χ1) is 4.72. The lowest BCUT2D eigenvalue weighted by Gasteiger charge is -1.95. The summed E-state index contributed by atoms with van der Waals surface area (Å²) in [5, 5.41) is 5.44. The highest BCUT2D eigenvalue weighted by Gasteiger charge is 2.01. The summed E-state index contributed by atoms with van der Waals surface area (Å²) in [5.41, 5.74) is 0.0974. The van der Waals surface area contributed by atoms with Gasteiger partial charge in [-0.05, 0) is 6.92 Å². The van der Waals surface area contributed by atoms with Crippen molar-refractivity contribution in [1.29, 1.82) is 0 Å². The lowest BCUT2D eigenvalue weighted by Crippen LogP contribution is -2.25. The highest BCUT2D eigenvalue weighted by atomic mass is 19.1. The van der Waals surface area contributed by atoms with Crippen LogP contribution in [0, 0.1) is 0 Å². The molecule has 0 rings (SSSR count). The molecule has 0 fully saturated rings. The van der Waals surface area contributed by atoms with Gasteiger partial charge in [0, 0.05) is 7.05 Å². The maximum Gasteiger partial charge on any atom is 0.268 e. The van der Waals surface area contributed by atoms with Crippen molar-refractivity contribution >= 4 is 11.6 Å². The second kappa shape index (κ2) is 4.72. The molecule has 0 heterocycles. The molecule has 0 aromatic carbocycles. The van der Waals surface area contributed by atoms with Gasteiger partial charge in [0.2, 0.25) is 0 Å². The van der Waals surface area contributed by atoms with Gasteiger partial charge in [0.05, 0.1) is 0 Å². The van der Waals surface area contributed by atoms with E-state index in [4.69, 9.17) is 0 Å². The fourth-order valence-electron chi connectivity index (χ4n) is 0.344. The third kappa shape index (κ3) is 3.01. The highest BCUT2D eigenvalue weighted by molar-refractivity contribution is 6.37. The summed E-state index contributed by atoms with van der Waals surface area (Å²) >= 11 is 0. The van der Waals surface area contributed by atoms with Gasteiger partial charge in [-0.25, -0.2) is 4.39 Å². The number of nitrogens with zero attached hydrogens (tertiary/aromatic N) is 1. The quantitative estimate of drug-likeness (QED) is 0.454. The molecule has 0 unspecified atom stereocenters. The minimum atomic E-state index is -1.02. The van der Waals surface area contributed by atoms with Crippen LogP contribution in [0.4, 0.5) is 4.39 Å². The average Bonchev–Trinajstić information content (AvgIpc) is 1.98. The molecule has 5 heteroatoms. The molecule has 1 N–H and O–H groups in total. The van der Waals surface area contributed by atoms with E-state index >= 15 is 0 Å². The van der Waals surface area contributed by atoms with Crippen LogP contribution in [0.3, 0.4) is 0 Å². The summed E-state index contributed by atoms with van der Waals surface area (Å²) in [6, 6.07) is 0. The smallest absolute Gasteiger partial charge is 0.268 e. The Morgan fingerprint density at radius 2 is 2.40 bits per heavy atom. The lowest BCUT2D eigenvalue weighted by molar-refractivity contribution is -0.114. The van der Waals surface area contributed by atoms with Crippen LogP contribution in [-0.2, 0) is 9.63 Å². The van der Waals surface area contributed by atoms with Crippen LogP contribution >= 0.6 is 0 Å². The number of rotatable bonds is 3. The molecule has 10 heavy (non-hydrogen) atoms. The summed E-state index contributed by atoms with van der Waals surface area (Å²) in [6.07, 6.45) is 0. The molecule has 0 aromatic heterocycles. The molecule has 0 radical (unpaired) electrons. The Hall–Kier alpha value is -1.13. The zero-order valence-electron chi connectivity index (χ0n) is 5.85. The highest BCUT2D eigenvalue weighted by Crippen LogP contribution is 1.81. The Morgan fingerprint density at radius 3 is 2.80 bits per heavy atom. The topological polar surface area (TPSA) is 50.7 Å². The zero-order chi connectivity index (χ0) is 7.98. The summed E-state index contributed by atoms with van der Waals surface area (Å²) in [4.78, 5) is 14.6. The van der Waals surface area contributed by atoms with E-state index in [9.17, 15) is 9.18 Å². The Morgan fingerprint density at radius 1 is 1.80 bits per heavy atom. The summed E-state index contributed by atoms with van der Waals surface area (Å²) in [6.45, 7) is 0.406. The second-order valence-corrected chi connectivity index (χ2v) is 1.49. The van der Waals surface area contributed by atoms with Crippen molar-refractivity contribution in [3.05, 3.63) is 0 Å². The largest absolute Gasteiger partial charge is 0.361 e. The number of hydrogen-bond acceptors (Lipinski definition) is 3. The normalized spacial score (nSPS) is 10.9. The van der Waals surface area contributed by atoms with E-state index in [2.05, 4.69) is 15.3 Å². The molecule has 0 saturated heterocycles. The van der Waals surface area contributed by atoms with Crippen LogP contribution in [0.25, 0.3) is 0 Å². The van der Waals surface area contributed by atoms with Gasteiger partial charge in [-0.1, -0.05) is 5.16 Å². The number of amides is 1. The van der Waals surface area contributed by atoms with Crippen molar-refractivity contribution in [3.8, 4) is 0 Å². The molecule has 0 aliphatic carbocycles. The number of carbonyl (C=O) groups excluding carboxylic acids is 1. The summed E-state index contributed by atoms with van der Waals surface area (Å²) < 4.78 is 11.3. The minimum absolute atomic E-state index is 0.0974. The third-order valence-corrected chi connectivity index (χ3v) is 0.806. The SMILES string of the molecule is CNC(=O)/C(C)=N/OCF. The lowest BCUT2D eigenvalue weighted by atomic mass is 10.4. The van der Waals surface area contributed by atoms with E-state index in [0.29, 0.717) is 0 Å². The first kappa shape index (κ1) is 8.87. The van der Waals surface area contributed by atoms with Gasteiger partial charge in [0.1, 0.15) is 5.71 Å². The van der Waals surface area contributed by atoms with Crippen molar-refractivity contribution < 1.29 is 14.0 Å². The number of alkyl halides is 1. The van der Waals surface area contributed by atoms with Gasteiger partial charge < -0.3 is 10.2 Å². The average molecular weight is 148 g/mol. The van der Waals surface area contributed by atoms with Gasteiger partial charge in [-0.2, -0.15) is 0 Å².